The fourth-order valence-corrected chi connectivity index (χ4v) is 5.47. The topological polar surface area (TPSA) is 104 Å². The van der Waals surface area contributed by atoms with Gasteiger partial charge in [-0.2, -0.15) is 0 Å². The van der Waals surface area contributed by atoms with Gasteiger partial charge in [0.05, 0.1) is 25.9 Å². The fraction of sp³-hybridized carbons (Fsp3) is 0.395. The fourth-order valence-electron chi connectivity index (χ4n) is 5.47. The first-order valence-electron chi connectivity index (χ1n) is 16.2. The highest BCUT2D eigenvalue weighted by Crippen LogP contribution is 2.43. The van der Waals surface area contributed by atoms with Crippen molar-refractivity contribution in [3.63, 3.8) is 0 Å². The molecule has 1 aliphatic heterocycles. The Morgan fingerprint density at radius 1 is 0.891 bits per heavy atom. The molecule has 1 N–H and O–H groups in total. The van der Waals surface area contributed by atoms with Crippen molar-refractivity contribution in [3.05, 3.63) is 114 Å². The monoisotopic (exact) mass is 627 g/mol. The molecule has 0 aliphatic carbocycles. The summed E-state index contributed by atoms with van der Waals surface area (Å²) in [5, 5.41) is 10.7. The Labute approximate surface area is 272 Å². The van der Waals surface area contributed by atoms with Crippen LogP contribution < -0.4 is 0 Å². The van der Waals surface area contributed by atoms with Crippen molar-refractivity contribution < 1.29 is 33.6 Å². The maximum absolute atomic E-state index is 11.7. The van der Waals surface area contributed by atoms with Gasteiger partial charge < -0.3 is 24.1 Å². The molecule has 1 aromatic heterocycles. The van der Waals surface area contributed by atoms with Crippen LogP contribution in [0.4, 0.5) is 0 Å². The van der Waals surface area contributed by atoms with Crippen LogP contribution in [-0.4, -0.2) is 41.8 Å². The molecular weight excluding hydrogens is 582 g/mol. The van der Waals surface area contributed by atoms with Crippen molar-refractivity contribution >= 4 is 17.5 Å². The van der Waals surface area contributed by atoms with E-state index in [4.69, 9.17) is 18.9 Å². The maximum atomic E-state index is 11.7. The lowest BCUT2D eigenvalue weighted by atomic mass is 9.91. The number of unbranched alkanes of at least 4 members (excludes halogenated alkanes) is 2. The van der Waals surface area contributed by atoms with Crippen molar-refractivity contribution in [2.75, 3.05) is 19.8 Å². The Balaban J connectivity index is 1.50. The van der Waals surface area contributed by atoms with E-state index in [-0.39, 0.29) is 23.6 Å². The molecular formula is C38H45NO7. The summed E-state index contributed by atoms with van der Waals surface area (Å²) in [6.07, 6.45) is 13.1. The van der Waals surface area contributed by atoms with Crippen LogP contribution in [0.1, 0.15) is 93.4 Å². The maximum Gasteiger partial charge on any atom is 0.306 e. The molecule has 1 fully saturated rings. The first kappa shape index (κ1) is 34.6. The molecule has 2 heterocycles. The first-order valence-corrected chi connectivity index (χ1v) is 16.2. The van der Waals surface area contributed by atoms with Crippen LogP contribution in [0.5, 0.6) is 5.75 Å². The summed E-state index contributed by atoms with van der Waals surface area (Å²) in [5.41, 5.74) is 4.54. The summed E-state index contributed by atoms with van der Waals surface area (Å²) in [7, 11) is 0. The van der Waals surface area contributed by atoms with E-state index in [9.17, 15) is 14.7 Å². The van der Waals surface area contributed by atoms with Crippen molar-refractivity contribution in [1.82, 2.24) is 4.98 Å². The zero-order valence-corrected chi connectivity index (χ0v) is 26.8. The number of aromatic hydroxyl groups is 1. The average Bonchev–Trinajstić information content (AvgIpc) is 3.07. The van der Waals surface area contributed by atoms with E-state index in [0.29, 0.717) is 51.1 Å². The van der Waals surface area contributed by atoms with Crippen molar-refractivity contribution in [2.24, 2.45) is 5.92 Å². The van der Waals surface area contributed by atoms with E-state index in [1.54, 1.807) is 25.3 Å². The molecule has 8 heteroatoms. The number of nitrogens with zero attached hydrogens (tertiary/aromatic N) is 1. The molecule has 1 aliphatic rings. The van der Waals surface area contributed by atoms with Gasteiger partial charge in [-0.3, -0.25) is 14.6 Å². The largest absolute Gasteiger partial charge is 0.508 e. The number of phenolic OH excluding ortho intramolecular Hbond substituents is 1. The molecule has 1 saturated heterocycles. The summed E-state index contributed by atoms with van der Waals surface area (Å²) in [6.45, 7) is 4.81. The number of carbonyl (C=O) groups is 2. The quantitative estimate of drug-likeness (QED) is 0.0967. The average molecular weight is 628 g/mol. The second-order valence-electron chi connectivity index (χ2n) is 11.1. The number of esters is 2. The summed E-state index contributed by atoms with van der Waals surface area (Å²) in [4.78, 5) is 28.0. The molecule has 0 amide bonds. The standard InChI is InChI=1S/C38H45NO7/c1-3-43-35(41)22-12-6-10-18-29-27-45-38(46-37(29)33-20-14-15-21-34(33)40)31-24-30(25-39-26-31)32(28-16-8-5-9-17-28)19-11-7-13-23-36(42)44-4-2/h5-6,8-10,14-17,19-21,24-26,29,37-38,40H,3-4,7,11-13,18,22-23,27H2,1-2H3/b10-6-,32-19-/t29-,37+,38+/m1/s1. The van der Waals surface area contributed by atoms with Crippen LogP contribution in [-0.2, 0) is 28.5 Å². The minimum atomic E-state index is -0.678. The van der Waals surface area contributed by atoms with Gasteiger partial charge in [0, 0.05) is 47.8 Å². The molecule has 0 unspecified atom stereocenters. The number of para-hydroxylation sites is 1. The third-order valence-corrected chi connectivity index (χ3v) is 7.75. The molecule has 0 spiro atoms. The zero-order chi connectivity index (χ0) is 32.6. The Morgan fingerprint density at radius 2 is 1.63 bits per heavy atom. The van der Waals surface area contributed by atoms with Crippen LogP contribution in [0.3, 0.4) is 0 Å². The molecule has 46 heavy (non-hydrogen) atoms. The molecule has 0 bridgehead atoms. The molecule has 4 rings (SSSR count). The Bertz CT molecular complexity index is 1450. The van der Waals surface area contributed by atoms with Gasteiger partial charge in [0.1, 0.15) is 5.75 Å². The van der Waals surface area contributed by atoms with Crippen LogP contribution in [0.25, 0.3) is 5.57 Å². The third-order valence-electron chi connectivity index (χ3n) is 7.75. The van der Waals surface area contributed by atoms with Crippen molar-refractivity contribution in [2.45, 2.75) is 71.2 Å². The SMILES string of the molecule is CCOC(=O)CC/C=C\C[C@@H]1CO[C@H](c2cncc(/C(=C\CCCCC(=O)OCC)c3ccccc3)c2)O[C@@H]1c1ccccc1O. The smallest absolute Gasteiger partial charge is 0.306 e. The van der Waals surface area contributed by atoms with Crippen molar-refractivity contribution in [1.29, 1.82) is 0 Å². The van der Waals surface area contributed by atoms with E-state index >= 15 is 0 Å². The summed E-state index contributed by atoms with van der Waals surface area (Å²) >= 11 is 0. The number of ether oxygens (including phenoxy) is 4. The molecule has 8 nitrogen and oxygen atoms in total. The number of rotatable bonds is 16. The Morgan fingerprint density at radius 3 is 2.39 bits per heavy atom. The number of hydrogen-bond acceptors (Lipinski definition) is 8. The molecule has 2 aromatic carbocycles. The Hall–Kier alpha value is -4.27. The number of carbonyl (C=O) groups excluding carboxylic acids is 2. The van der Waals surface area contributed by atoms with Gasteiger partial charge in [-0.1, -0.05) is 66.8 Å². The summed E-state index contributed by atoms with van der Waals surface area (Å²) in [6, 6.07) is 19.4. The van der Waals surface area contributed by atoms with Crippen LogP contribution in [0.15, 0.2) is 91.3 Å². The minimum absolute atomic E-state index is 0.0473. The highest BCUT2D eigenvalue weighted by atomic mass is 16.7. The van der Waals surface area contributed by atoms with Crippen LogP contribution in [0.2, 0.25) is 0 Å². The molecule has 3 atom stereocenters. The lowest BCUT2D eigenvalue weighted by Crippen LogP contribution is -2.30. The van der Waals surface area contributed by atoms with Gasteiger partial charge >= 0.3 is 11.9 Å². The zero-order valence-electron chi connectivity index (χ0n) is 26.8. The lowest BCUT2D eigenvalue weighted by molar-refractivity contribution is -0.244. The third kappa shape index (κ3) is 10.4. The normalized spacial score (nSPS) is 18.4. The van der Waals surface area contributed by atoms with Gasteiger partial charge in [0.15, 0.2) is 6.29 Å². The number of benzene rings is 2. The van der Waals surface area contributed by atoms with Gasteiger partial charge in [-0.25, -0.2) is 0 Å². The Kier molecular flexibility index (Phi) is 14.0. The second kappa shape index (κ2) is 18.6. The second-order valence-corrected chi connectivity index (χ2v) is 11.1. The highest BCUT2D eigenvalue weighted by Gasteiger charge is 2.35. The molecule has 0 saturated carbocycles. The lowest BCUT2D eigenvalue weighted by Gasteiger charge is -2.37. The summed E-state index contributed by atoms with van der Waals surface area (Å²) in [5.74, 6) is -0.238. The van der Waals surface area contributed by atoms with E-state index in [2.05, 4.69) is 23.2 Å². The van der Waals surface area contributed by atoms with E-state index in [0.717, 1.165) is 41.5 Å². The number of allylic oxidation sites excluding steroid dienone is 3. The number of pyridine rings is 1. The van der Waals surface area contributed by atoms with E-state index in [1.807, 2.05) is 61.7 Å². The van der Waals surface area contributed by atoms with E-state index < -0.39 is 12.4 Å². The van der Waals surface area contributed by atoms with Gasteiger partial charge in [0.25, 0.3) is 0 Å². The minimum Gasteiger partial charge on any atom is -0.508 e. The predicted molar refractivity (Wildman–Crippen MR) is 177 cm³/mol. The van der Waals surface area contributed by atoms with Gasteiger partial charge in [-0.15, -0.1) is 0 Å². The highest BCUT2D eigenvalue weighted by molar-refractivity contribution is 5.79. The number of phenols is 1. The molecule has 0 radical (unpaired) electrons. The van der Waals surface area contributed by atoms with Gasteiger partial charge in [0.2, 0.25) is 0 Å². The van der Waals surface area contributed by atoms with Crippen LogP contribution in [0, 0.1) is 5.92 Å². The number of hydrogen-bond donors (Lipinski definition) is 1. The van der Waals surface area contributed by atoms with E-state index in [1.165, 1.54) is 0 Å². The van der Waals surface area contributed by atoms with Gasteiger partial charge in [-0.05, 0) is 69.2 Å². The number of aromatic nitrogens is 1. The predicted octanol–water partition coefficient (Wildman–Crippen LogP) is 8.03. The van der Waals surface area contributed by atoms with Crippen LogP contribution >= 0.6 is 0 Å². The molecule has 3 aromatic rings. The van der Waals surface area contributed by atoms with Crippen molar-refractivity contribution in [3.8, 4) is 5.75 Å². The summed E-state index contributed by atoms with van der Waals surface area (Å²) < 4.78 is 22.9. The first-order chi connectivity index (χ1) is 22.5. The molecule has 244 valence electrons.